The van der Waals surface area contributed by atoms with Crippen molar-refractivity contribution in [3.63, 3.8) is 0 Å². The summed E-state index contributed by atoms with van der Waals surface area (Å²) >= 11 is 0. The van der Waals surface area contributed by atoms with Crippen LogP contribution in [0.2, 0.25) is 0 Å². The van der Waals surface area contributed by atoms with Crippen LogP contribution >= 0.6 is 0 Å². The molecule has 0 aromatic carbocycles. The van der Waals surface area contributed by atoms with E-state index in [1.807, 2.05) is 0 Å². The minimum Gasteiger partial charge on any atom is -0.396 e. The predicted molar refractivity (Wildman–Crippen MR) is 69.5 cm³/mol. The zero-order valence-electron chi connectivity index (χ0n) is 11.5. The highest BCUT2D eigenvalue weighted by Crippen LogP contribution is 2.38. The highest BCUT2D eigenvalue weighted by Gasteiger charge is 2.35. The van der Waals surface area contributed by atoms with E-state index in [-0.39, 0.29) is 5.41 Å². The lowest BCUT2D eigenvalue weighted by atomic mass is 9.86. The molecular formula is C14H29NO. The van der Waals surface area contributed by atoms with Crippen LogP contribution in [-0.4, -0.2) is 35.7 Å². The van der Waals surface area contributed by atoms with Crippen molar-refractivity contribution >= 4 is 0 Å². The Bertz CT molecular complexity index is 195. The zero-order chi connectivity index (χ0) is 12.2. The summed E-state index contributed by atoms with van der Waals surface area (Å²) in [5.41, 5.74) is 0.208. The molecule has 2 nitrogen and oxygen atoms in total. The summed E-state index contributed by atoms with van der Waals surface area (Å²) in [5.74, 6) is 0.708. The number of hydrogen-bond acceptors (Lipinski definition) is 2. The Kier molecular flexibility index (Phi) is 5.26. The maximum atomic E-state index is 9.65. The highest BCUT2D eigenvalue weighted by atomic mass is 16.3. The largest absolute Gasteiger partial charge is 0.396 e. The Labute approximate surface area is 101 Å². The van der Waals surface area contributed by atoms with E-state index in [2.05, 4.69) is 32.6 Å². The first kappa shape index (κ1) is 14.0. The van der Waals surface area contributed by atoms with Gasteiger partial charge in [-0.05, 0) is 32.6 Å². The zero-order valence-corrected chi connectivity index (χ0v) is 11.5. The van der Waals surface area contributed by atoms with E-state index in [1.54, 1.807) is 0 Å². The summed E-state index contributed by atoms with van der Waals surface area (Å²) < 4.78 is 0. The van der Waals surface area contributed by atoms with E-state index in [4.69, 9.17) is 0 Å². The first-order valence-corrected chi connectivity index (χ1v) is 6.84. The molecule has 1 aliphatic carbocycles. The van der Waals surface area contributed by atoms with Gasteiger partial charge in [-0.25, -0.2) is 0 Å². The van der Waals surface area contributed by atoms with Crippen molar-refractivity contribution in [2.45, 2.75) is 59.4 Å². The average molecular weight is 227 g/mol. The van der Waals surface area contributed by atoms with Crippen molar-refractivity contribution in [3.05, 3.63) is 0 Å². The first-order valence-electron chi connectivity index (χ1n) is 6.84. The molecule has 96 valence electrons. The quantitative estimate of drug-likeness (QED) is 0.754. The van der Waals surface area contributed by atoms with E-state index in [0.717, 1.165) is 13.1 Å². The monoisotopic (exact) mass is 227 g/mol. The highest BCUT2D eigenvalue weighted by molar-refractivity contribution is 4.88. The Morgan fingerprint density at radius 2 is 1.69 bits per heavy atom. The molecule has 0 spiro atoms. The van der Waals surface area contributed by atoms with Crippen LogP contribution in [0.25, 0.3) is 0 Å². The summed E-state index contributed by atoms with van der Waals surface area (Å²) in [7, 11) is 0. The van der Waals surface area contributed by atoms with Crippen molar-refractivity contribution in [1.82, 2.24) is 4.90 Å². The van der Waals surface area contributed by atoms with Crippen LogP contribution in [0.3, 0.4) is 0 Å². The molecular weight excluding hydrogens is 198 g/mol. The second-order valence-corrected chi connectivity index (χ2v) is 6.28. The van der Waals surface area contributed by atoms with Crippen molar-refractivity contribution in [3.8, 4) is 0 Å². The summed E-state index contributed by atoms with van der Waals surface area (Å²) in [6.45, 7) is 11.7. The minimum atomic E-state index is 0.208. The van der Waals surface area contributed by atoms with Crippen LogP contribution in [0.5, 0.6) is 0 Å². The van der Waals surface area contributed by atoms with Gasteiger partial charge in [0.25, 0.3) is 0 Å². The van der Waals surface area contributed by atoms with Crippen LogP contribution < -0.4 is 0 Å². The fourth-order valence-electron chi connectivity index (χ4n) is 2.85. The minimum absolute atomic E-state index is 0.208. The molecule has 16 heavy (non-hydrogen) atoms. The van der Waals surface area contributed by atoms with E-state index >= 15 is 0 Å². The smallest absolute Gasteiger partial charge is 0.0499 e. The Hall–Kier alpha value is -0.0800. The summed E-state index contributed by atoms with van der Waals surface area (Å²) in [4.78, 5) is 2.55. The van der Waals surface area contributed by atoms with Crippen molar-refractivity contribution in [2.24, 2.45) is 11.3 Å². The van der Waals surface area contributed by atoms with Gasteiger partial charge >= 0.3 is 0 Å². The molecule has 0 saturated heterocycles. The van der Waals surface area contributed by atoms with Crippen molar-refractivity contribution in [1.29, 1.82) is 0 Å². The number of aliphatic hydroxyl groups is 1. The molecule has 1 fully saturated rings. The third kappa shape index (κ3) is 3.74. The van der Waals surface area contributed by atoms with Crippen molar-refractivity contribution in [2.75, 3.05) is 19.7 Å². The van der Waals surface area contributed by atoms with Gasteiger partial charge < -0.3 is 10.0 Å². The van der Waals surface area contributed by atoms with Crippen LogP contribution in [-0.2, 0) is 0 Å². The second-order valence-electron chi connectivity index (χ2n) is 6.28. The molecule has 0 atom stereocenters. The Balaban J connectivity index is 2.58. The summed E-state index contributed by atoms with van der Waals surface area (Å²) in [5, 5.41) is 9.65. The third-order valence-corrected chi connectivity index (χ3v) is 3.87. The fourth-order valence-corrected chi connectivity index (χ4v) is 2.85. The van der Waals surface area contributed by atoms with Gasteiger partial charge in [0.2, 0.25) is 0 Å². The Morgan fingerprint density at radius 1 is 1.12 bits per heavy atom. The van der Waals surface area contributed by atoms with Gasteiger partial charge in [0.1, 0.15) is 0 Å². The lowest BCUT2D eigenvalue weighted by Crippen LogP contribution is -2.43. The molecule has 1 saturated carbocycles. The fraction of sp³-hybridized carbons (Fsp3) is 1.00. The van der Waals surface area contributed by atoms with Crippen LogP contribution in [0.1, 0.15) is 53.4 Å². The van der Waals surface area contributed by atoms with Gasteiger partial charge in [-0.2, -0.15) is 0 Å². The topological polar surface area (TPSA) is 23.5 Å². The lowest BCUT2D eigenvalue weighted by molar-refractivity contribution is 0.0585. The van der Waals surface area contributed by atoms with Crippen molar-refractivity contribution < 1.29 is 5.11 Å². The molecule has 0 heterocycles. The summed E-state index contributed by atoms with van der Waals surface area (Å²) in [6, 6.07) is 0.589. The normalized spacial score (nSPS) is 20.2. The van der Waals surface area contributed by atoms with E-state index in [1.165, 1.54) is 25.7 Å². The predicted octanol–water partition coefficient (Wildman–Crippen LogP) is 2.91. The van der Waals surface area contributed by atoms with E-state index in [9.17, 15) is 5.11 Å². The van der Waals surface area contributed by atoms with Gasteiger partial charge in [-0.1, -0.05) is 26.7 Å². The van der Waals surface area contributed by atoms with Gasteiger partial charge in [0.15, 0.2) is 0 Å². The molecule has 0 bridgehead atoms. The van der Waals surface area contributed by atoms with Crippen LogP contribution in [0.4, 0.5) is 0 Å². The molecule has 1 rings (SSSR count). The molecule has 1 aliphatic rings. The maximum absolute atomic E-state index is 9.65. The van der Waals surface area contributed by atoms with Gasteiger partial charge in [0.05, 0.1) is 0 Å². The SMILES string of the molecule is CC(C)CN(CC1(CO)CCCC1)C(C)C. The second kappa shape index (κ2) is 6.02. The van der Waals surface area contributed by atoms with Crippen LogP contribution in [0.15, 0.2) is 0 Å². The van der Waals surface area contributed by atoms with E-state index in [0.29, 0.717) is 18.6 Å². The molecule has 0 unspecified atom stereocenters. The molecule has 2 heteroatoms. The summed E-state index contributed by atoms with van der Waals surface area (Å²) in [6.07, 6.45) is 5.03. The standard InChI is InChI=1S/C14H29NO/c1-12(2)9-15(13(3)4)10-14(11-16)7-5-6-8-14/h12-13,16H,5-11H2,1-4H3. The Morgan fingerprint density at radius 3 is 2.06 bits per heavy atom. The molecule has 0 aliphatic heterocycles. The number of aliphatic hydroxyl groups excluding tert-OH is 1. The average Bonchev–Trinajstić information content (AvgIpc) is 2.65. The number of rotatable bonds is 6. The third-order valence-electron chi connectivity index (χ3n) is 3.87. The van der Waals surface area contributed by atoms with Gasteiger partial charge in [0, 0.05) is 31.2 Å². The molecule has 0 aromatic rings. The van der Waals surface area contributed by atoms with Crippen LogP contribution in [0, 0.1) is 11.3 Å². The van der Waals surface area contributed by atoms with E-state index < -0.39 is 0 Å². The number of hydrogen-bond donors (Lipinski definition) is 1. The molecule has 0 aromatic heterocycles. The first-order chi connectivity index (χ1) is 7.49. The van der Waals surface area contributed by atoms with Gasteiger partial charge in [-0.3, -0.25) is 0 Å². The molecule has 1 N–H and O–H groups in total. The van der Waals surface area contributed by atoms with Gasteiger partial charge in [-0.15, -0.1) is 0 Å². The maximum Gasteiger partial charge on any atom is 0.0499 e. The lowest BCUT2D eigenvalue weighted by Gasteiger charge is -2.37. The number of nitrogens with zero attached hydrogens (tertiary/aromatic N) is 1. The molecule has 0 amide bonds. The molecule has 0 radical (unpaired) electrons.